The number of aliphatic carboxylic acids is 1. The number of benzene rings is 2. The van der Waals surface area contributed by atoms with E-state index in [1.807, 2.05) is 13.8 Å². The molecule has 0 spiro atoms. The van der Waals surface area contributed by atoms with Gasteiger partial charge in [0.15, 0.2) is 5.41 Å². The van der Waals surface area contributed by atoms with Crippen molar-refractivity contribution in [3.63, 3.8) is 0 Å². The maximum atomic E-state index is 13.5. The number of hydrogen-bond donors (Lipinski definition) is 1. The van der Waals surface area contributed by atoms with Crippen LogP contribution in [0, 0.1) is 0 Å². The summed E-state index contributed by atoms with van der Waals surface area (Å²) in [5, 5.41) is 11.0. The van der Waals surface area contributed by atoms with Crippen LogP contribution in [0.3, 0.4) is 0 Å². The summed E-state index contributed by atoms with van der Waals surface area (Å²) < 4.78 is 0. The Morgan fingerprint density at radius 2 is 1.63 bits per heavy atom. The SMILES string of the molecule is CC1=CN(C(C)(C)c2cc(Cl)cc(Cl)c2)C(=O)C1(C(=O)O)c1ccccc1. The van der Waals surface area contributed by atoms with Crippen molar-refractivity contribution < 1.29 is 14.7 Å². The summed E-state index contributed by atoms with van der Waals surface area (Å²) in [6.45, 7) is 5.33. The lowest BCUT2D eigenvalue weighted by Gasteiger charge is -2.37. The fourth-order valence-electron chi connectivity index (χ4n) is 3.58. The van der Waals surface area contributed by atoms with E-state index >= 15 is 0 Å². The minimum Gasteiger partial charge on any atom is -0.480 e. The van der Waals surface area contributed by atoms with Crippen LogP contribution in [0.15, 0.2) is 60.3 Å². The number of hydrogen-bond acceptors (Lipinski definition) is 2. The molecular weight excluding hydrogens is 385 g/mol. The second kappa shape index (κ2) is 6.70. The number of rotatable bonds is 4. The average molecular weight is 404 g/mol. The highest BCUT2D eigenvalue weighted by atomic mass is 35.5. The number of carbonyl (C=O) groups excluding carboxylic acids is 1. The molecule has 0 bridgehead atoms. The van der Waals surface area contributed by atoms with E-state index in [-0.39, 0.29) is 0 Å². The lowest BCUT2D eigenvalue weighted by molar-refractivity contribution is -0.151. The molecule has 2 aromatic carbocycles. The number of carbonyl (C=O) groups is 2. The molecule has 0 aromatic heterocycles. The molecule has 0 saturated carbocycles. The predicted molar refractivity (Wildman–Crippen MR) is 106 cm³/mol. The molecule has 27 heavy (non-hydrogen) atoms. The summed E-state index contributed by atoms with van der Waals surface area (Å²) in [6, 6.07) is 13.6. The first-order valence-corrected chi connectivity index (χ1v) is 9.15. The van der Waals surface area contributed by atoms with Gasteiger partial charge in [-0.05, 0) is 55.7 Å². The van der Waals surface area contributed by atoms with Crippen molar-refractivity contribution in [1.29, 1.82) is 0 Å². The second-order valence-corrected chi connectivity index (χ2v) is 8.00. The van der Waals surface area contributed by atoms with Gasteiger partial charge >= 0.3 is 5.97 Å². The Bertz CT molecular complexity index is 933. The molecule has 1 amide bonds. The molecule has 1 aliphatic rings. The average Bonchev–Trinajstić information content (AvgIpc) is 2.87. The third-order valence-electron chi connectivity index (χ3n) is 5.15. The van der Waals surface area contributed by atoms with Gasteiger partial charge in [0.05, 0.1) is 5.54 Å². The molecule has 4 nitrogen and oxygen atoms in total. The molecule has 6 heteroatoms. The van der Waals surface area contributed by atoms with Gasteiger partial charge in [0.25, 0.3) is 5.91 Å². The Hall–Kier alpha value is -2.30. The van der Waals surface area contributed by atoms with Crippen molar-refractivity contribution in [3.05, 3.63) is 81.5 Å². The van der Waals surface area contributed by atoms with E-state index < -0.39 is 22.8 Å². The van der Waals surface area contributed by atoms with Crippen molar-refractivity contribution in [2.75, 3.05) is 0 Å². The Labute approximate surface area is 168 Å². The zero-order valence-corrected chi connectivity index (χ0v) is 16.7. The second-order valence-electron chi connectivity index (χ2n) is 7.13. The normalized spacial score (nSPS) is 20.0. The smallest absolute Gasteiger partial charge is 0.328 e. The molecule has 0 saturated heterocycles. The van der Waals surface area contributed by atoms with Crippen LogP contribution < -0.4 is 0 Å². The zero-order valence-electron chi connectivity index (χ0n) is 15.2. The van der Waals surface area contributed by atoms with Gasteiger partial charge in [0.2, 0.25) is 0 Å². The van der Waals surface area contributed by atoms with Crippen LogP contribution in [-0.4, -0.2) is 21.9 Å². The number of carboxylic acid groups (broad SMARTS) is 1. The van der Waals surface area contributed by atoms with Crippen molar-refractivity contribution in [2.45, 2.75) is 31.7 Å². The molecule has 140 valence electrons. The van der Waals surface area contributed by atoms with Gasteiger partial charge in [-0.15, -0.1) is 0 Å². The van der Waals surface area contributed by atoms with E-state index in [1.165, 1.54) is 4.90 Å². The lowest BCUT2D eigenvalue weighted by atomic mass is 9.75. The Kier molecular flexibility index (Phi) is 4.83. The van der Waals surface area contributed by atoms with Gasteiger partial charge in [-0.25, -0.2) is 0 Å². The van der Waals surface area contributed by atoms with Crippen LogP contribution in [0.4, 0.5) is 0 Å². The van der Waals surface area contributed by atoms with Gasteiger partial charge < -0.3 is 10.0 Å². The minimum absolute atomic E-state index is 0.429. The lowest BCUT2D eigenvalue weighted by Crippen LogP contribution is -2.51. The van der Waals surface area contributed by atoms with Crippen molar-refractivity contribution in [1.82, 2.24) is 4.90 Å². The molecule has 1 atom stereocenters. The topological polar surface area (TPSA) is 57.6 Å². The standard InChI is InChI=1S/C21H19Cl2NO3/c1-13-12-24(20(2,3)15-9-16(22)11-17(23)10-15)18(25)21(13,19(26)27)14-7-5-4-6-8-14/h4-12H,1-3H3,(H,26,27). The van der Waals surface area contributed by atoms with Gasteiger partial charge in [0, 0.05) is 16.2 Å². The van der Waals surface area contributed by atoms with Crippen molar-refractivity contribution in [3.8, 4) is 0 Å². The monoisotopic (exact) mass is 403 g/mol. The summed E-state index contributed by atoms with van der Waals surface area (Å²) in [5.41, 5.74) is -1.00. The fraction of sp³-hybridized carbons (Fsp3) is 0.238. The highest BCUT2D eigenvalue weighted by Crippen LogP contribution is 2.45. The summed E-state index contributed by atoms with van der Waals surface area (Å²) in [5.74, 6) is -1.71. The van der Waals surface area contributed by atoms with E-state index in [2.05, 4.69) is 0 Å². The van der Waals surface area contributed by atoms with Crippen LogP contribution in [0.2, 0.25) is 10.0 Å². The highest BCUT2D eigenvalue weighted by molar-refractivity contribution is 6.34. The summed E-state index contributed by atoms with van der Waals surface area (Å²) in [7, 11) is 0. The zero-order chi connectivity index (χ0) is 20.0. The Morgan fingerprint density at radius 3 is 2.15 bits per heavy atom. The van der Waals surface area contributed by atoms with Crippen LogP contribution in [0.1, 0.15) is 31.9 Å². The third-order valence-corrected chi connectivity index (χ3v) is 5.59. The Morgan fingerprint density at radius 1 is 1.07 bits per heavy atom. The molecule has 3 rings (SSSR count). The highest BCUT2D eigenvalue weighted by Gasteiger charge is 2.57. The van der Waals surface area contributed by atoms with Gasteiger partial charge in [-0.3, -0.25) is 9.59 Å². The molecule has 1 heterocycles. The molecule has 1 unspecified atom stereocenters. The van der Waals surface area contributed by atoms with Crippen LogP contribution in [0.5, 0.6) is 0 Å². The molecule has 1 aliphatic heterocycles. The predicted octanol–water partition coefficient (Wildman–Crippen LogP) is 5.00. The van der Waals surface area contributed by atoms with Crippen LogP contribution in [0.25, 0.3) is 0 Å². The van der Waals surface area contributed by atoms with E-state index in [1.54, 1.807) is 61.7 Å². The van der Waals surface area contributed by atoms with Crippen molar-refractivity contribution in [2.24, 2.45) is 0 Å². The maximum absolute atomic E-state index is 13.5. The quantitative estimate of drug-likeness (QED) is 0.730. The first kappa shape index (κ1) is 19.5. The largest absolute Gasteiger partial charge is 0.480 e. The number of nitrogens with zero attached hydrogens (tertiary/aromatic N) is 1. The summed E-state index contributed by atoms with van der Waals surface area (Å²) in [6.07, 6.45) is 1.61. The first-order valence-electron chi connectivity index (χ1n) is 8.40. The first-order chi connectivity index (χ1) is 12.6. The summed E-state index contributed by atoms with van der Waals surface area (Å²) >= 11 is 12.3. The van der Waals surface area contributed by atoms with Crippen molar-refractivity contribution >= 4 is 35.1 Å². The molecular formula is C21H19Cl2NO3. The molecule has 0 radical (unpaired) electrons. The van der Waals surface area contributed by atoms with E-state index in [0.29, 0.717) is 26.7 Å². The third kappa shape index (κ3) is 2.93. The van der Waals surface area contributed by atoms with Crippen LogP contribution >= 0.6 is 23.2 Å². The number of amides is 1. The van der Waals surface area contributed by atoms with Gasteiger partial charge in [-0.1, -0.05) is 53.5 Å². The number of carboxylic acids is 1. The summed E-state index contributed by atoms with van der Waals surface area (Å²) in [4.78, 5) is 27.3. The molecule has 2 aromatic rings. The van der Waals surface area contributed by atoms with E-state index in [0.717, 1.165) is 0 Å². The van der Waals surface area contributed by atoms with E-state index in [4.69, 9.17) is 23.2 Å². The van der Waals surface area contributed by atoms with Gasteiger partial charge in [-0.2, -0.15) is 0 Å². The minimum atomic E-state index is -1.75. The maximum Gasteiger partial charge on any atom is 0.328 e. The Balaban J connectivity index is 2.15. The molecule has 0 fully saturated rings. The molecule has 1 N–H and O–H groups in total. The van der Waals surface area contributed by atoms with Crippen LogP contribution in [-0.2, 0) is 20.5 Å². The fourth-order valence-corrected chi connectivity index (χ4v) is 4.11. The number of halogens is 2. The van der Waals surface area contributed by atoms with Gasteiger partial charge in [0.1, 0.15) is 0 Å². The molecule has 0 aliphatic carbocycles. The van der Waals surface area contributed by atoms with E-state index in [9.17, 15) is 14.7 Å².